The number of aromatic carboxylic acids is 1. The number of para-hydroxylation sites is 1. The summed E-state index contributed by atoms with van der Waals surface area (Å²) in [5, 5.41) is 21.1. The van der Waals surface area contributed by atoms with E-state index in [0.717, 1.165) is 0 Å². The SMILES string of the molecule is O=C(O)c1ccccc1NC(=O)[C@H]1[C@H](C(=O)O)[C@@H]2C=C[C@H]1C2. The first-order valence-electron chi connectivity index (χ1n) is 7.03. The van der Waals surface area contributed by atoms with Crippen molar-refractivity contribution in [3.63, 3.8) is 0 Å². The van der Waals surface area contributed by atoms with Crippen molar-refractivity contribution in [2.24, 2.45) is 23.7 Å². The fourth-order valence-electron chi connectivity index (χ4n) is 3.51. The summed E-state index contributed by atoms with van der Waals surface area (Å²) in [5.41, 5.74) is 0.178. The summed E-state index contributed by atoms with van der Waals surface area (Å²) in [4.78, 5) is 35.1. The number of amides is 1. The van der Waals surface area contributed by atoms with Crippen molar-refractivity contribution < 1.29 is 24.6 Å². The lowest BCUT2D eigenvalue weighted by molar-refractivity contribution is -0.146. The van der Waals surface area contributed by atoms with Crippen LogP contribution in [0.25, 0.3) is 0 Å². The Morgan fingerprint density at radius 3 is 2.27 bits per heavy atom. The van der Waals surface area contributed by atoms with Crippen LogP contribution in [-0.2, 0) is 9.59 Å². The molecule has 1 saturated carbocycles. The number of hydrogen-bond donors (Lipinski definition) is 3. The topological polar surface area (TPSA) is 104 Å². The number of nitrogens with one attached hydrogen (secondary N) is 1. The van der Waals surface area contributed by atoms with Gasteiger partial charge in [0, 0.05) is 0 Å². The second kappa shape index (κ2) is 5.29. The smallest absolute Gasteiger partial charge is 0.337 e. The van der Waals surface area contributed by atoms with Crippen molar-refractivity contribution >= 4 is 23.5 Å². The number of anilines is 1. The third kappa shape index (κ3) is 2.26. The minimum absolute atomic E-state index is 0.0126. The van der Waals surface area contributed by atoms with Crippen LogP contribution in [0.4, 0.5) is 5.69 Å². The van der Waals surface area contributed by atoms with Gasteiger partial charge in [0.1, 0.15) is 0 Å². The van der Waals surface area contributed by atoms with Crippen molar-refractivity contribution in [1.29, 1.82) is 0 Å². The van der Waals surface area contributed by atoms with E-state index in [1.165, 1.54) is 12.1 Å². The quantitative estimate of drug-likeness (QED) is 0.736. The summed E-state index contributed by atoms with van der Waals surface area (Å²) in [6, 6.07) is 6.09. The van der Waals surface area contributed by atoms with Gasteiger partial charge in [-0.05, 0) is 30.4 Å². The molecule has 0 radical (unpaired) electrons. The Morgan fingerprint density at radius 2 is 1.64 bits per heavy atom. The summed E-state index contributed by atoms with van der Waals surface area (Å²) in [6.45, 7) is 0. The molecule has 2 aliphatic carbocycles. The van der Waals surface area contributed by atoms with Crippen LogP contribution in [0, 0.1) is 23.7 Å². The van der Waals surface area contributed by atoms with Gasteiger partial charge in [-0.2, -0.15) is 0 Å². The Labute approximate surface area is 126 Å². The molecule has 2 aliphatic rings. The van der Waals surface area contributed by atoms with Crippen molar-refractivity contribution in [3.8, 4) is 0 Å². The molecule has 0 saturated heterocycles. The number of hydrogen-bond acceptors (Lipinski definition) is 3. The zero-order valence-electron chi connectivity index (χ0n) is 11.6. The van der Waals surface area contributed by atoms with Gasteiger partial charge < -0.3 is 15.5 Å². The number of carbonyl (C=O) groups excluding carboxylic acids is 1. The van der Waals surface area contributed by atoms with E-state index in [9.17, 15) is 19.5 Å². The van der Waals surface area contributed by atoms with Crippen LogP contribution in [0.1, 0.15) is 16.8 Å². The standard InChI is InChI=1S/C16H15NO5/c18-14(17-11-4-2-1-3-10(11)15(19)20)12-8-5-6-9(7-8)13(12)16(21)22/h1-6,8-9,12-13H,7H2,(H,17,18)(H,19,20)(H,21,22)/t8-,9+,12+,13+/m0/s1. The maximum Gasteiger partial charge on any atom is 0.337 e. The van der Waals surface area contributed by atoms with Gasteiger partial charge in [0.2, 0.25) is 5.91 Å². The normalized spacial score (nSPS) is 28.5. The molecule has 0 aromatic heterocycles. The maximum atomic E-state index is 12.5. The first-order chi connectivity index (χ1) is 10.5. The Kier molecular flexibility index (Phi) is 3.44. The highest BCUT2D eigenvalue weighted by Gasteiger charge is 2.51. The second-order valence-electron chi connectivity index (χ2n) is 5.68. The minimum atomic E-state index is -1.14. The van der Waals surface area contributed by atoms with Crippen LogP contribution >= 0.6 is 0 Å². The maximum absolute atomic E-state index is 12.5. The summed E-state index contributed by atoms with van der Waals surface area (Å²) < 4.78 is 0. The van der Waals surface area contributed by atoms with Gasteiger partial charge in [-0.15, -0.1) is 0 Å². The Hall–Kier alpha value is -2.63. The molecule has 22 heavy (non-hydrogen) atoms. The van der Waals surface area contributed by atoms with Crippen LogP contribution in [0.5, 0.6) is 0 Å². The molecular weight excluding hydrogens is 286 g/mol. The number of carbonyl (C=O) groups is 3. The molecule has 1 aromatic carbocycles. The highest BCUT2D eigenvalue weighted by molar-refractivity contribution is 6.02. The van der Waals surface area contributed by atoms with E-state index in [-0.39, 0.29) is 23.1 Å². The second-order valence-corrected chi connectivity index (χ2v) is 5.68. The van der Waals surface area contributed by atoms with Crippen molar-refractivity contribution in [2.45, 2.75) is 6.42 Å². The highest BCUT2D eigenvalue weighted by Crippen LogP contribution is 2.48. The number of rotatable bonds is 4. The average molecular weight is 301 g/mol. The summed E-state index contributed by atoms with van der Waals surface area (Å²) in [5.74, 6) is -4.17. The molecule has 2 bridgehead atoms. The van der Waals surface area contributed by atoms with E-state index in [0.29, 0.717) is 6.42 Å². The molecule has 4 atom stereocenters. The van der Waals surface area contributed by atoms with Crippen molar-refractivity contribution in [1.82, 2.24) is 0 Å². The molecule has 0 spiro atoms. The predicted molar refractivity (Wildman–Crippen MR) is 77.4 cm³/mol. The average Bonchev–Trinajstić information content (AvgIpc) is 3.08. The van der Waals surface area contributed by atoms with E-state index < -0.39 is 29.7 Å². The minimum Gasteiger partial charge on any atom is -0.481 e. The van der Waals surface area contributed by atoms with Crippen LogP contribution in [0.2, 0.25) is 0 Å². The van der Waals surface area contributed by atoms with Crippen molar-refractivity contribution in [2.75, 3.05) is 5.32 Å². The fourth-order valence-corrected chi connectivity index (χ4v) is 3.51. The lowest BCUT2D eigenvalue weighted by Gasteiger charge is -2.24. The molecule has 3 rings (SSSR count). The van der Waals surface area contributed by atoms with E-state index in [4.69, 9.17) is 5.11 Å². The predicted octanol–water partition coefficient (Wildman–Crippen LogP) is 1.85. The molecule has 0 unspecified atom stereocenters. The van der Waals surface area contributed by atoms with E-state index in [1.807, 2.05) is 12.2 Å². The molecular formula is C16H15NO5. The van der Waals surface area contributed by atoms with Crippen LogP contribution in [0.3, 0.4) is 0 Å². The number of benzene rings is 1. The van der Waals surface area contributed by atoms with Gasteiger partial charge in [-0.3, -0.25) is 9.59 Å². The molecule has 3 N–H and O–H groups in total. The number of carboxylic acid groups (broad SMARTS) is 2. The summed E-state index contributed by atoms with van der Waals surface area (Å²) in [6.07, 6.45) is 4.41. The molecule has 0 heterocycles. The number of aliphatic carboxylic acids is 1. The first kappa shape index (κ1) is 14.3. The van der Waals surface area contributed by atoms with E-state index in [1.54, 1.807) is 12.1 Å². The highest BCUT2D eigenvalue weighted by atomic mass is 16.4. The largest absolute Gasteiger partial charge is 0.481 e. The molecule has 6 heteroatoms. The van der Waals surface area contributed by atoms with Gasteiger partial charge in [0.25, 0.3) is 0 Å². The first-order valence-corrected chi connectivity index (χ1v) is 7.03. The monoisotopic (exact) mass is 301 g/mol. The summed E-state index contributed by atoms with van der Waals surface area (Å²) in [7, 11) is 0. The Morgan fingerprint density at radius 1 is 1.00 bits per heavy atom. The third-order valence-corrected chi connectivity index (χ3v) is 4.46. The van der Waals surface area contributed by atoms with Gasteiger partial charge >= 0.3 is 11.9 Å². The van der Waals surface area contributed by atoms with Gasteiger partial charge in [0.05, 0.1) is 23.1 Å². The third-order valence-electron chi connectivity index (χ3n) is 4.46. The van der Waals surface area contributed by atoms with Crippen LogP contribution < -0.4 is 5.32 Å². The Bertz CT molecular complexity index is 681. The lowest BCUT2D eigenvalue weighted by Crippen LogP contribution is -2.36. The zero-order chi connectivity index (χ0) is 15.9. The molecule has 0 aliphatic heterocycles. The fraction of sp³-hybridized carbons (Fsp3) is 0.312. The lowest BCUT2D eigenvalue weighted by atomic mass is 9.82. The van der Waals surface area contributed by atoms with Crippen LogP contribution in [0.15, 0.2) is 36.4 Å². The summed E-state index contributed by atoms with van der Waals surface area (Å²) >= 11 is 0. The van der Waals surface area contributed by atoms with Gasteiger partial charge in [0.15, 0.2) is 0 Å². The van der Waals surface area contributed by atoms with E-state index in [2.05, 4.69) is 5.32 Å². The molecule has 1 aromatic rings. The molecule has 114 valence electrons. The number of carboxylic acids is 2. The molecule has 1 fully saturated rings. The Balaban J connectivity index is 1.85. The zero-order valence-corrected chi connectivity index (χ0v) is 11.6. The van der Waals surface area contributed by atoms with E-state index >= 15 is 0 Å². The number of fused-ring (bicyclic) bond motifs is 2. The van der Waals surface area contributed by atoms with Gasteiger partial charge in [-0.1, -0.05) is 24.3 Å². The van der Waals surface area contributed by atoms with Crippen LogP contribution in [-0.4, -0.2) is 28.1 Å². The molecule has 1 amide bonds. The van der Waals surface area contributed by atoms with Crippen molar-refractivity contribution in [3.05, 3.63) is 42.0 Å². The molecule has 6 nitrogen and oxygen atoms in total. The number of allylic oxidation sites excluding steroid dienone is 2. The van der Waals surface area contributed by atoms with Gasteiger partial charge in [-0.25, -0.2) is 4.79 Å².